The summed E-state index contributed by atoms with van der Waals surface area (Å²) in [5.74, 6) is 3.69. The Balaban J connectivity index is 1.68. The van der Waals surface area contributed by atoms with Crippen LogP contribution >= 0.6 is 0 Å². The standard InChI is InChI=1S/C17H22N2/c1-2-10-19(12-14-5-6-14)13-15-7-8-17-16(11-15)4-3-9-18-17/h1,7-8,11,14,18H,3-6,9-10,12-13H2. The number of nitrogens with one attached hydrogen (secondary N) is 1. The molecule has 1 aliphatic heterocycles. The average molecular weight is 254 g/mol. The van der Waals surface area contributed by atoms with E-state index in [0.29, 0.717) is 0 Å². The van der Waals surface area contributed by atoms with Crippen LogP contribution < -0.4 is 5.32 Å². The fraction of sp³-hybridized carbons (Fsp3) is 0.529. The number of anilines is 1. The van der Waals surface area contributed by atoms with Gasteiger partial charge < -0.3 is 5.32 Å². The van der Waals surface area contributed by atoms with E-state index in [-0.39, 0.29) is 0 Å². The van der Waals surface area contributed by atoms with Gasteiger partial charge in [0.2, 0.25) is 0 Å². The summed E-state index contributed by atoms with van der Waals surface area (Å²) in [6.45, 7) is 4.04. The molecule has 1 aliphatic carbocycles. The third-order valence-corrected chi connectivity index (χ3v) is 4.04. The maximum Gasteiger partial charge on any atom is 0.0601 e. The zero-order valence-corrected chi connectivity index (χ0v) is 11.5. The van der Waals surface area contributed by atoms with E-state index >= 15 is 0 Å². The summed E-state index contributed by atoms with van der Waals surface area (Å²) in [6.07, 6.45) is 10.7. The van der Waals surface area contributed by atoms with Gasteiger partial charge in [0.05, 0.1) is 6.54 Å². The van der Waals surface area contributed by atoms with Crippen molar-refractivity contribution in [2.24, 2.45) is 5.92 Å². The number of hydrogen-bond donors (Lipinski definition) is 1. The smallest absolute Gasteiger partial charge is 0.0601 e. The molecule has 100 valence electrons. The summed E-state index contributed by atoms with van der Waals surface area (Å²) in [6, 6.07) is 6.83. The topological polar surface area (TPSA) is 15.3 Å². The van der Waals surface area contributed by atoms with Crippen molar-refractivity contribution in [3.05, 3.63) is 29.3 Å². The Morgan fingerprint density at radius 1 is 1.37 bits per heavy atom. The highest BCUT2D eigenvalue weighted by molar-refractivity contribution is 5.54. The van der Waals surface area contributed by atoms with Crippen molar-refractivity contribution in [2.45, 2.75) is 32.2 Å². The number of hydrogen-bond acceptors (Lipinski definition) is 2. The van der Waals surface area contributed by atoms with Crippen molar-refractivity contribution in [1.29, 1.82) is 0 Å². The Kier molecular flexibility index (Phi) is 3.75. The van der Waals surface area contributed by atoms with Gasteiger partial charge in [-0.15, -0.1) is 6.42 Å². The van der Waals surface area contributed by atoms with Crippen molar-refractivity contribution >= 4 is 5.69 Å². The fourth-order valence-corrected chi connectivity index (χ4v) is 2.86. The number of terminal acetylenes is 1. The third-order valence-electron chi connectivity index (χ3n) is 4.04. The number of fused-ring (bicyclic) bond motifs is 1. The van der Waals surface area contributed by atoms with Crippen LogP contribution in [0.4, 0.5) is 5.69 Å². The molecule has 0 unspecified atom stereocenters. The summed E-state index contributed by atoms with van der Waals surface area (Å²) in [7, 11) is 0. The van der Waals surface area contributed by atoms with Gasteiger partial charge in [0.15, 0.2) is 0 Å². The second kappa shape index (κ2) is 5.67. The Hall–Kier alpha value is -1.46. The van der Waals surface area contributed by atoms with Crippen LogP contribution in [0.2, 0.25) is 0 Å². The van der Waals surface area contributed by atoms with Gasteiger partial charge in [0.1, 0.15) is 0 Å². The fourth-order valence-electron chi connectivity index (χ4n) is 2.86. The van der Waals surface area contributed by atoms with Crippen molar-refractivity contribution in [2.75, 3.05) is 25.0 Å². The summed E-state index contributed by atoms with van der Waals surface area (Å²) in [5, 5.41) is 3.46. The number of benzene rings is 1. The lowest BCUT2D eigenvalue weighted by Crippen LogP contribution is -2.26. The van der Waals surface area contributed by atoms with Crippen LogP contribution in [0.1, 0.15) is 30.4 Å². The molecule has 1 N–H and O–H groups in total. The van der Waals surface area contributed by atoms with Crippen LogP contribution in [0, 0.1) is 18.3 Å². The highest BCUT2D eigenvalue weighted by Crippen LogP contribution is 2.30. The van der Waals surface area contributed by atoms with Gasteiger partial charge in [-0.05, 0) is 48.8 Å². The zero-order chi connectivity index (χ0) is 13.1. The largest absolute Gasteiger partial charge is 0.385 e. The molecule has 2 aliphatic rings. The van der Waals surface area contributed by atoms with Crippen LogP contribution in [-0.4, -0.2) is 24.5 Å². The molecule has 1 fully saturated rings. The van der Waals surface area contributed by atoms with Crippen LogP contribution in [0.3, 0.4) is 0 Å². The molecule has 1 saturated carbocycles. The van der Waals surface area contributed by atoms with Gasteiger partial charge in [0, 0.05) is 25.3 Å². The molecule has 19 heavy (non-hydrogen) atoms. The normalized spacial score (nSPS) is 17.7. The minimum atomic E-state index is 0.770. The number of rotatable bonds is 5. The first kappa shape index (κ1) is 12.6. The van der Waals surface area contributed by atoms with Crippen LogP contribution in [0.25, 0.3) is 0 Å². The van der Waals surface area contributed by atoms with E-state index in [1.54, 1.807) is 0 Å². The van der Waals surface area contributed by atoms with Crippen LogP contribution in [0.15, 0.2) is 18.2 Å². The molecule has 2 nitrogen and oxygen atoms in total. The zero-order valence-electron chi connectivity index (χ0n) is 11.5. The molecule has 0 radical (unpaired) electrons. The first-order valence-corrected chi connectivity index (χ1v) is 7.36. The first-order valence-electron chi connectivity index (χ1n) is 7.36. The minimum Gasteiger partial charge on any atom is -0.385 e. The highest BCUT2D eigenvalue weighted by atomic mass is 15.1. The van der Waals surface area contributed by atoms with Crippen LogP contribution in [-0.2, 0) is 13.0 Å². The lowest BCUT2D eigenvalue weighted by atomic mass is 10.0. The van der Waals surface area contributed by atoms with E-state index in [2.05, 4.69) is 34.3 Å². The molecule has 1 aromatic carbocycles. The van der Waals surface area contributed by atoms with Crippen molar-refractivity contribution in [3.8, 4) is 12.3 Å². The Morgan fingerprint density at radius 3 is 3.05 bits per heavy atom. The second-order valence-corrected chi connectivity index (χ2v) is 5.84. The molecule has 0 atom stereocenters. The first-order chi connectivity index (χ1) is 9.35. The van der Waals surface area contributed by atoms with E-state index in [1.807, 2.05) is 0 Å². The van der Waals surface area contributed by atoms with Gasteiger partial charge in [-0.3, -0.25) is 4.90 Å². The molecule has 3 rings (SSSR count). The van der Waals surface area contributed by atoms with Crippen LogP contribution in [0.5, 0.6) is 0 Å². The van der Waals surface area contributed by atoms with Gasteiger partial charge in [-0.1, -0.05) is 18.1 Å². The van der Waals surface area contributed by atoms with Gasteiger partial charge >= 0.3 is 0 Å². The van der Waals surface area contributed by atoms with Crippen molar-refractivity contribution in [1.82, 2.24) is 4.90 Å². The van der Waals surface area contributed by atoms with Crippen molar-refractivity contribution < 1.29 is 0 Å². The Bertz CT molecular complexity index is 483. The predicted molar refractivity (Wildman–Crippen MR) is 80.1 cm³/mol. The molecular weight excluding hydrogens is 232 g/mol. The summed E-state index contributed by atoms with van der Waals surface area (Å²) >= 11 is 0. The number of nitrogens with zero attached hydrogens (tertiary/aromatic N) is 1. The van der Waals surface area contributed by atoms with E-state index in [0.717, 1.165) is 25.6 Å². The maximum atomic E-state index is 5.49. The average Bonchev–Trinajstić information content (AvgIpc) is 3.23. The minimum absolute atomic E-state index is 0.770. The Labute approximate surface area is 116 Å². The van der Waals surface area contributed by atoms with Gasteiger partial charge in [-0.25, -0.2) is 0 Å². The van der Waals surface area contributed by atoms with Gasteiger partial charge in [-0.2, -0.15) is 0 Å². The lowest BCUT2D eigenvalue weighted by molar-refractivity contribution is 0.286. The molecule has 1 aromatic rings. The third kappa shape index (κ3) is 3.30. The molecule has 2 heteroatoms. The van der Waals surface area contributed by atoms with E-state index in [9.17, 15) is 0 Å². The Morgan fingerprint density at radius 2 is 2.26 bits per heavy atom. The second-order valence-electron chi connectivity index (χ2n) is 5.84. The molecular formula is C17H22N2. The molecule has 0 spiro atoms. The molecule has 0 saturated heterocycles. The van der Waals surface area contributed by atoms with E-state index in [4.69, 9.17) is 6.42 Å². The predicted octanol–water partition coefficient (Wildman–Crippen LogP) is 2.89. The molecule has 0 amide bonds. The molecule has 0 aromatic heterocycles. The van der Waals surface area contributed by atoms with Crippen molar-refractivity contribution in [3.63, 3.8) is 0 Å². The summed E-state index contributed by atoms with van der Waals surface area (Å²) < 4.78 is 0. The SMILES string of the molecule is C#CCN(Cc1ccc2c(c1)CCCN2)CC1CC1. The monoisotopic (exact) mass is 254 g/mol. The number of aryl methyl sites for hydroxylation is 1. The summed E-state index contributed by atoms with van der Waals surface area (Å²) in [4.78, 5) is 2.41. The van der Waals surface area contributed by atoms with E-state index in [1.165, 1.54) is 49.0 Å². The highest BCUT2D eigenvalue weighted by Gasteiger charge is 2.24. The lowest BCUT2D eigenvalue weighted by Gasteiger charge is -2.22. The van der Waals surface area contributed by atoms with E-state index < -0.39 is 0 Å². The molecule has 1 heterocycles. The quantitative estimate of drug-likeness (QED) is 0.813. The maximum absolute atomic E-state index is 5.49. The summed E-state index contributed by atoms with van der Waals surface area (Å²) in [5.41, 5.74) is 4.19. The van der Waals surface area contributed by atoms with Gasteiger partial charge in [0.25, 0.3) is 0 Å². The molecule has 0 bridgehead atoms.